The fourth-order valence-electron chi connectivity index (χ4n) is 2.89. The Bertz CT molecular complexity index is 994. The van der Waals surface area contributed by atoms with Crippen LogP contribution < -0.4 is 10.6 Å². The van der Waals surface area contributed by atoms with Gasteiger partial charge in [-0.2, -0.15) is 0 Å². The minimum Gasteiger partial charge on any atom is -0.345 e. The SMILES string of the molecule is C[C@@H](NC(=O)c1ccccc1NC(=O)CCSc1ccc(Cl)cc1)c1ccccc1. The van der Waals surface area contributed by atoms with E-state index in [1.165, 1.54) is 0 Å². The number of amides is 2. The van der Waals surface area contributed by atoms with Gasteiger partial charge in [-0.15, -0.1) is 11.8 Å². The Hall–Kier alpha value is -2.76. The van der Waals surface area contributed by atoms with Crippen molar-refractivity contribution in [3.05, 3.63) is 95.0 Å². The van der Waals surface area contributed by atoms with E-state index in [-0.39, 0.29) is 17.9 Å². The van der Waals surface area contributed by atoms with Crippen LogP contribution in [0, 0.1) is 0 Å². The number of hydrogen-bond donors (Lipinski definition) is 2. The molecule has 0 unspecified atom stereocenters. The van der Waals surface area contributed by atoms with Crippen LogP contribution in [0.15, 0.2) is 83.8 Å². The Morgan fingerprint density at radius 1 is 0.933 bits per heavy atom. The number of nitrogens with one attached hydrogen (secondary N) is 2. The third-order valence-electron chi connectivity index (χ3n) is 4.50. The van der Waals surface area contributed by atoms with Crippen molar-refractivity contribution in [2.75, 3.05) is 11.1 Å². The minimum absolute atomic E-state index is 0.132. The molecule has 3 aromatic rings. The molecule has 0 saturated heterocycles. The Morgan fingerprint density at radius 3 is 2.33 bits per heavy atom. The van der Waals surface area contributed by atoms with Crippen LogP contribution in [0.5, 0.6) is 0 Å². The number of benzene rings is 3. The molecule has 0 fully saturated rings. The average Bonchev–Trinajstić information content (AvgIpc) is 2.76. The van der Waals surface area contributed by atoms with Crippen molar-refractivity contribution in [1.29, 1.82) is 0 Å². The van der Waals surface area contributed by atoms with Gasteiger partial charge in [0.1, 0.15) is 0 Å². The van der Waals surface area contributed by atoms with Crippen molar-refractivity contribution < 1.29 is 9.59 Å². The molecule has 0 saturated carbocycles. The van der Waals surface area contributed by atoms with E-state index < -0.39 is 0 Å². The van der Waals surface area contributed by atoms with Crippen molar-refractivity contribution in [3.63, 3.8) is 0 Å². The van der Waals surface area contributed by atoms with Crippen molar-refractivity contribution >= 4 is 40.9 Å². The number of anilines is 1. The summed E-state index contributed by atoms with van der Waals surface area (Å²) in [5.74, 6) is 0.276. The summed E-state index contributed by atoms with van der Waals surface area (Å²) < 4.78 is 0. The molecule has 4 nitrogen and oxygen atoms in total. The quantitative estimate of drug-likeness (QED) is 0.427. The summed E-state index contributed by atoms with van der Waals surface area (Å²) in [4.78, 5) is 26.2. The predicted molar refractivity (Wildman–Crippen MR) is 124 cm³/mol. The van der Waals surface area contributed by atoms with Gasteiger partial charge in [0.2, 0.25) is 5.91 Å². The van der Waals surface area contributed by atoms with Gasteiger partial charge in [0, 0.05) is 22.1 Å². The van der Waals surface area contributed by atoms with Crippen LogP contribution in [0.4, 0.5) is 5.69 Å². The molecule has 0 aliphatic carbocycles. The Labute approximate surface area is 186 Å². The lowest BCUT2D eigenvalue weighted by Crippen LogP contribution is -2.28. The van der Waals surface area contributed by atoms with E-state index in [1.807, 2.05) is 61.5 Å². The first-order chi connectivity index (χ1) is 14.5. The van der Waals surface area contributed by atoms with E-state index in [2.05, 4.69) is 10.6 Å². The largest absolute Gasteiger partial charge is 0.345 e. The number of carbonyl (C=O) groups excluding carboxylic acids is 2. The molecule has 154 valence electrons. The maximum absolute atomic E-state index is 12.8. The molecule has 0 heterocycles. The molecule has 0 aliphatic heterocycles. The van der Waals surface area contributed by atoms with Gasteiger partial charge in [-0.1, -0.05) is 54.1 Å². The molecule has 2 N–H and O–H groups in total. The van der Waals surface area contributed by atoms with Crippen molar-refractivity contribution in [3.8, 4) is 0 Å². The molecule has 0 bridgehead atoms. The molecule has 1 atom stereocenters. The molecular weight excluding hydrogens is 416 g/mol. The standard InChI is InChI=1S/C24H23ClN2O2S/c1-17(18-7-3-2-4-8-18)26-24(29)21-9-5-6-10-22(21)27-23(28)15-16-30-20-13-11-19(25)12-14-20/h2-14,17H,15-16H2,1H3,(H,26,29)(H,27,28)/t17-/m1/s1. The van der Waals surface area contributed by atoms with E-state index in [1.54, 1.807) is 36.0 Å². The highest BCUT2D eigenvalue weighted by molar-refractivity contribution is 7.99. The first-order valence-corrected chi connectivity index (χ1v) is 11.0. The van der Waals surface area contributed by atoms with Crippen LogP contribution in [0.3, 0.4) is 0 Å². The number of hydrogen-bond acceptors (Lipinski definition) is 3. The van der Waals surface area contributed by atoms with E-state index in [0.29, 0.717) is 28.4 Å². The number of carbonyl (C=O) groups is 2. The second kappa shape index (κ2) is 10.9. The van der Waals surface area contributed by atoms with E-state index in [9.17, 15) is 9.59 Å². The molecule has 2 amide bonds. The van der Waals surface area contributed by atoms with Crippen LogP contribution in [0.25, 0.3) is 0 Å². The first-order valence-electron chi connectivity index (χ1n) is 9.66. The molecule has 30 heavy (non-hydrogen) atoms. The second-order valence-corrected chi connectivity index (χ2v) is 8.36. The average molecular weight is 439 g/mol. The number of para-hydroxylation sites is 1. The summed E-state index contributed by atoms with van der Waals surface area (Å²) >= 11 is 7.47. The highest BCUT2D eigenvalue weighted by Crippen LogP contribution is 2.22. The van der Waals surface area contributed by atoms with E-state index in [0.717, 1.165) is 10.5 Å². The van der Waals surface area contributed by atoms with Gasteiger partial charge in [-0.25, -0.2) is 0 Å². The van der Waals surface area contributed by atoms with Crippen LogP contribution in [-0.2, 0) is 4.79 Å². The van der Waals surface area contributed by atoms with Gasteiger partial charge >= 0.3 is 0 Å². The van der Waals surface area contributed by atoms with Crippen molar-refractivity contribution in [2.24, 2.45) is 0 Å². The molecule has 0 aromatic heterocycles. The second-order valence-electron chi connectivity index (χ2n) is 6.75. The van der Waals surface area contributed by atoms with E-state index in [4.69, 9.17) is 11.6 Å². The number of halogens is 1. The zero-order valence-corrected chi connectivity index (χ0v) is 18.2. The smallest absolute Gasteiger partial charge is 0.253 e. The van der Waals surface area contributed by atoms with Gasteiger partial charge in [-0.3, -0.25) is 9.59 Å². The molecule has 3 rings (SSSR count). The van der Waals surface area contributed by atoms with Gasteiger partial charge in [0.05, 0.1) is 17.3 Å². The Kier molecular flexibility index (Phi) is 7.94. The topological polar surface area (TPSA) is 58.2 Å². The number of rotatable bonds is 8. The molecular formula is C24H23ClN2O2S. The molecule has 0 spiro atoms. The molecule has 6 heteroatoms. The molecule has 0 aliphatic rings. The summed E-state index contributed by atoms with van der Waals surface area (Å²) in [5, 5.41) is 6.54. The molecule has 0 radical (unpaired) electrons. The predicted octanol–water partition coefficient (Wildman–Crippen LogP) is 5.95. The summed E-state index contributed by atoms with van der Waals surface area (Å²) in [6, 6.07) is 24.2. The van der Waals surface area contributed by atoms with E-state index >= 15 is 0 Å². The Balaban J connectivity index is 1.56. The third-order valence-corrected chi connectivity index (χ3v) is 5.77. The fraction of sp³-hybridized carbons (Fsp3) is 0.167. The van der Waals surface area contributed by atoms with Crippen LogP contribution >= 0.6 is 23.4 Å². The normalized spacial score (nSPS) is 11.5. The summed E-state index contributed by atoms with van der Waals surface area (Å²) in [6.45, 7) is 1.93. The van der Waals surface area contributed by atoms with Crippen molar-refractivity contribution in [1.82, 2.24) is 5.32 Å². The number of thioether (sulfide) groups is 1. The van der Waals surface area contributed by atoms with Crippen LogP contribution in [0.2, 0.25) is 5.02 Å². The highest BCUT2D eigenvalue weighted by atomic mass is 35.5. The maximum Gasteiger partial charge on any atom is 0.253 e. The van der Waals surface area contributed by atoms with Crippen molar-refractivity contribution in [2.45, 2.75) is 24.3 Å². The Morgan fingerprint density at radius 2 is 1.60 bits per heavy atom. The van der Waals surface area contributed by atoms with Gasteiger partial charge in [-0.05, 0) is 48.9 Å². The summed E-state index contributed by atoms with van der Waals surface area (Å²) in [5.41, 5.74) is 1.97. The van der Waals surface area contributed by atoms with Gasteiger partial charge < -0.3 is 10.6 Å². The minimum atomic E-state index is -0.224. The highest BCUT2D eigenvalue weighted by Gasteiger charge is 2.16. The lowest BCUT2D eigenvalue weighted by molar-refractivity contribution is -0.115. The zero-order chi connectivity index (χ0) is 21.3. The monoisotopic (exact) mass is 438 g/mol. The van der Waals surface area contributed by atoms with Gasteiger partial charge in [0.25, 0.3) is 5.91 Å². The summed E-state index contributed by atoms with van der Waals surface area (Å²) in [6.07, 6.45) is 0.337. The van der Waals surface area contributed by atoms with Crippen LogP contribution in [0.1, 0.15) is 35.3 Å². The third kappa shape index (κ3) is 6.37. The van der Waals surface area contributed by atoms with Gasteiger partial charge in [0.15, 0.2) is 0 Å². The molecule has 3 aromatic carbocycles. The maximum atomic E-state index is 12.8. The lowest BCUT2D eigenvalue weighted by Gasteiger charge is -2.16. The zero-order valence-electron chi connectivity index (χ0n) is 16.6. The van der Waals surface area contributed by atoms with Crippen LogP contribution in [-0.4, -0.2) is 17.6 Å². The lowest BCUT2D eigenvalue weighted by atomic mass is 10.1. The fourth-order valence-corrected chi connectivity index (χ4v) is 3.87. The summed E-state index contributed by atoms with van der Waals surface area (Å²) in [7, 11) is 0. The first kappa shape index (κ1) is 21.9.